The van der Waals surface area contributed by atoms with E-state index in [1.807, 2.05) is 34.1 Å². The number of nitrogens with one attached hydrogen (secondary N) is 2. The van der Waals surface area contributed by atoms with Crippen LogP contribution in [-0.4, -0.2) is 64.6 Å². The smallest absolute Gasteiger partial charge is 0.251 e. The monoisotopic (exact) mass is 592 g/mol. The molecule has 3 aromatic carbocycles. The lowest BCUT2D eigenvalue weighted by Gasteiger charge is -2.20. The molecule has 0 unspecified atom stereocenters. The van der Waals surface area contributed by atoms with Crippen LogP contribution in [-0.2, 0) is 16.1 Å². The minimum atomic E-state index is -0.273. The average Bonchev–Trinajstić information content (AvgIpc) is 3.96. The Hall–Kier alpha value is -4.66. The average molecular weight is 593 g/mol. The van der Waals surface area contributed by atoms with Crippen molar-refractivity contribution >= 4 is 23.6 Å². The molecule has 2 atom stereocenters. The molecule has 9 nitrogen and oxygen atoms in total. The van der Waals surface area contributed by atoms with Gasteiger partial charge in [0.1, 0.15) is 11.5 Å². The zero-order valence-electron chi connectivity index (χ0n) is 24.5. The number of likely N-dealkylation sites (tertiary alicyclic amines) is 2. The van der Waals surface area contributed by atoms with E-state index in [2.05, 4.69) is 22.8 Å². The van der Waals surface area contributed by atoms with Gasteiger partial charge in [-0.15, -0.1) is 0 Å². The fraction of sp³-hybridized carbons (Fsp3) is 0.371. The third-order valence-corrected chi connectivity index (χ3v) is 8.91. The predicted octanol–water partition coefficient (Wildman–Crippen LogP) is 4.38. The van der Waals surface area contributed by atoms with Crippen LogP contribution in [0.4, 0.5) is 0 Å². The summed E-state index contributed by atoms with van der Waals surface area (Å²) in [5.41, 5.74) is 2.88. The zero-order chi connectivity index (χ0) is 30.2. The Balaban J connectivity index is 1.09. The summed E-state index contributed by atoms with van der Waals surface area (Å²) in [6.07, 6.45) is 4.86. The second-order valence-corrected chi connectivity index (χ2v) is 12.4. The topological polar surface area (TPSA) is 108 Å². The molecule has 0 radical (unpaired) electrons. The van der Waals surface area contributed by atoms with E-state index in [-0.39, 0.29) is 41.6 Å². The quantitative estimate of drug-likeness (QED) is 0.363. The second-order valence-electron chi connectivity index (χ2n) is 12.4. The molecule has 0 aromatic heterocycles. The van der Waals surface area contributed by atoms with Crippen molar-refractivity contribution in [2.45, 2.75) is 69.1 Å². The molecule has 0 spiro atoms. The number of rotatable bonds is 10. The van der Waals surface area contributed by atoms with Crippen molar-refractivity contribution in [3.8, 4) is 11.5 Å². The standard InChI is InChI=1S/C35H36N4O5/c40-32-17-26(22-4-2-1-3-5-22)20-38(32)19-25-7-6-24(35(43)37-28-18-33(41)39(21-28)29-12-13-29)16-31(25)44-30-14-8-23(9-15-30)34(42)36-27-10-11-27/h1-9,14-16,26-29H,10-13,17-21H2,(H,36,42)(H,37,43)/t26-,28+/m1/s1. The van der Waals surface area contributed by atoms with E-state index in [1.165, 1.54) is 0 Å². The Kier molecular flexibility index (Phi) is 7.54. The van der Waals surface area contributed by atoms with Crippen LogP contribution >= 0.6 is 0 Å². The normalized spacial score (nSPS) is 21.5. The van der Waals surface area contributed by atoms with Gasteiger partial charge in [0.15, 0.2) is 0 Å². The van der Waals surface area contributed by atoms with Crippen molar-refractivity contribution in [3.63, 3.8) is 0 Å². The van der Waals surface area contributed by atoms with Crippen LogP contribution in [0.2, 0.25) is 0 Å². The summed E-state index contributed by atoms with van der Waals surface area (Å²) in [6.45, 7) is 1.48. The van der Waals surface area contributed by atoms with Gasteiger partial charge in [0, 0.05) is 67.2 Å². The fourth-order valence-corrected chi connectivity index (χ4v) is 6.13. The van der Waals surface area contributed by atoms with E-state index < -0.39 is 0 Å². The maximum Gasteiger partial charge on any atom is 0.251 e. The van der Waals surface area contributed by atoms with Gasteiger partial charge in [-0.1, -0.05) is 36.4 Å². The second kappa shape index (κ2) is 11.8. The van der Waals surface area contributed by atoms with Crippen molar-refractivity contribution in [3.05, 3.63) is 95.1 Å². The SMILES string of the molecule is O=C(NC1CC1)c1ccc(Oc2cc(C(=O)N[C@H]3CC(=O)N(C4CC4)C3)ccc2CN2C[C@H](c3ccccc3)CC2=O)cc1. The van der Waals surface area contributed by atoms with Gasteiger partial charge in [-0.2, -0.15) is 0 Å². The fourth-order valence-electron chi connectivity index (χ4n) is 6.13. The molecule has 226 valence electrons. The molecule has 44 heavy (non-hydrogen) atoms. The molecule has 2 saturated carbocycles. The minimum Gasteiger partial charge on any atom is -0.457 e. The first-order valence-electron chi connectivity index (χ1n) is 15.5. The summed E-state index contributed by atoms with van der Waals surface area (Å²) in [6, 6.07) is 22.6. The van der Waals surface area contributed by atoms with Gasteiger partial charge in [0.25, 0.3) is 11.8 Å². The molecule has 2 aliphatic heterocycles. The maximum atomic E-state index is 13.3. The number of benzene rings is 3. The van der Waals surface area contributed by atoms with Gasteiger partial charge in [-0.05, 0) is 67.6 Å². The zero-order valence-corrected chi connectivity index (χ0v) is 24.5. The van der Waals surface area contributed by atoms with Crippen LogP contribution in [0.3, 0.4) is 0 Å². The number of carbonyl (C=O) groups excluding carboxylic acids is 4. The lowest BCUT2D eigenvalue weighted by molar-refractivity contribution is -0.129. The first kappa shape index (κ1) is 28.1. The van der Waals surface area contributed by atoms with Crippen LogP contribution < -0.4 is 15.4 Å². The van der Waals surface area contributed by atoms with E-state index in [4.69, 9.17) is 4.74 Å². The van der Waals surface area contributed by atoms with Gasteiger partial charge in [0.2, 0.25) is 11.8 Å². The van der Waals surface area contributed by atoms with E-state index in [0.29, 0.717) is 61.1 Å². The molecule has 4 amide bonds. The van der Waals surface area contributed by atoms with Gasteiger partial charge >= 0.3 is 0 Å². The highest BCUT2D eigenvalue weighted by atomic mass is 16.5. The number of ether oxygens (including phenoxy) is 1. The number of hydrogen-bond acceptors (Lipinski definition) is 5. The van der Waals surface area contributed by atoms with Crippen molar-refractivity contribution in [1.82, 2.24) is 20.4 Å². The number of amides is 4. The molecule has 2 saturated heterocycles. The van der Waals surface area contributed by atoms with E-state index in [9.17, 15) is 19.2 Å². The summed E-state index contributed by atoms with van der Waals surface area (Å²) < 4.78 is 6.32. The maximum absolute atomic E-state index is 13.3. The highest BCUT2D eigenvalue weighted by molar-refractivity contribution is 5.96. The Morgan fingerprint density at radius 3 is 2.18 bits per heavy atom. The van der Waals surface area contributed by atoms with Crippen LogP contribution in [0, 0.1) is 0 Å². The molecule has 3 aromatic rings. The summed E-state index contributed by atoms with van der Waals surface area (Å²) in [4.78, 5) is 54.9. The molecule has 4 fully saturated rings. The molecule has 0 bridgehead atoms. The molecular weight excluding hydrogens is 556 g/mol. The summed E-state index contributed by atoms with van der Waals surface area (Å²) >= 11 is 0. The van der Waals surface area contributed by atoms with Crippen LogP contribution in [0.1, 0.15) is 76.3 Å². The van der Waals surface area contributed by atoms with Crippen LogP contribution in [0.15, 0.2) is 72.8 Å². The molecule has 4 aliphatic rings. The van der Waals surface area contributed by atoms with Gasteiger partial charge in [-0.25, -0.2) is 0 Å². The van der Waals surface area contributed by atoms with Crippen molar-refractivity contribution in [2.24, 2.45) is 0 Å². The summed E-state index contributed by atoms with van der Waals surface area (Å²) in [5, 5.41) is 6.01. The summed E-state index contributed by atoms with van der Waals surface area (Å²) in [7, 11) is 0. The molecule has 2 N–H and O–H groups in total. The predicted molar refractivity (Wildman–Crippen MR) is 163 cm³/mol. The Morgan fingerprint density at radius 1 is 0.750 bits per heavy atom. The van der Waals surface area contributed by atoms with Gasteiger partial charge in [-0.3, -0.25) is 19.2 Å². The largest absolute Gasteiger partial charge is 0.457 e. The molecule has 7 rings (SSSR count). The van der Waals surface area contributed by atoms with Gasteiger partial charge < -0.3 is 25.2 Å². The third kappa shape index (κ3) is 6.32. The Labute approximate surface area is 256 Å². The number of carbonyl (C=O) groups is 4. The number of hydrogen-bond donors (Lipinski definition) is 2. The van der Waals surface area contributed by atoms with Crippen LogP contribution in [0.5, 0.6) is 11.5 Å². The number of nitrogens with zero attached hydrogens (tertiary/aromatic N) is 2. The minimum absolute atomic E-state index is 0.0729. The van der Waals surface area contributed by atoms with Crippen molar-refractivity contribution in [2.75, 3.05) is 13.1 Å². The first-order valence-corrected chi connectivity index (χ1v) is 15.5. The van der Waals surface area contributed by atoms with Crippen molar-refractivity contribution in [1.29, 1.82) is 0 Å². The van der Waals surface area contributed by atoms with E-state index >= 15 is 0 Å². The molecular formula is C35H36N4O5. The van der Waals surface area contributed by atoms with Crippen molar-refractivity contribution < 1.29 is 23.9 Å². The molecule has 9 heteroatoms. The molecule has 2 heterocycles. The van der Waals surface area contributed by atoms with E-state index in [0.717, 1.165) is 36.8 Å². The third-order valence-electron chi connectivity index (χ3n) is 8.91. The highest BCUT2D eigenvalue weighted by Gasteiger charge is 2.40. The Morgan fingerprint density at radius 2 is 1.45 bits per heavy atom. The van der Waals surface area contributed by atoms with Gasteiger partial charge in [0.05, 0.1) is 6.04 Å². The lowest BCUT2D eigenvalue weighted by atomic mass is 9.98. The van der Waals surface area contributed by atoms with Crippen LogP contribution in [0.25, 0.3) is 0 Å². The first-order chi connectivity index (χ1) is 21.4. The highest BCUT2D eigenvalue weighted by Crippen LogP contribution is 2.34. The lowest BCUT2D eigenvalue weighted by Crippen LogP contribution is -2.37. The van der Waals surface area contributed by atoms with E-state index in [1.54, 1.807) is 36.4 Å². The Bertz CT molecular complexity index is 1580. The summed E-state index contributed by atoms with van der Waals surface area (Å²) in [5.74, 6) is 0.889. The molecule has 2 aliphatic carbocycles.